The fraction of sp³-hybridized carbons (Fsp3) is 0. The number of halogens is 2. The fourth-order valence-corrected chi connectivity index (χ4v) is 3.09. The number of H-pyrrole nitrogens is 1. The van der Waals surface area contributed by atoms with Crippen LogP contribution in [0.5, 0.6) is 0 Å². The Labute approximate surface area is 144 Å². The Balaban J connectivity index is 2.00. The summed E-state index contributed by atoms with van der Waals surface area (Å²) in [5.74, 6) is -0.412. The van der Waals surface area contributed by atoms with E-state index in [0.717, 1.165) is 0 Å². The van der Waals surface area contributed by atoms with Crippen LogP contribution in [0.3, 0.4) is 0 Å². The summed E-state index contributed by atoms with van der Waals surface area (Å²) in [6, 6.07) is 6.93. The molecule has 4 aromatic rings. The van der Waals surface area contributed by atoms with Gasteiger partial charge in [0, 0.05) is 23.2 Å². The minimum Gasteiger partial charge on any atom is -0.312 e. The first-order chi connectivity index (χ1) is 12.1. The molecule has 3 aromatic heterocycles. The highest BCUT2D eigenvalue weighted by atomic mass is 35.5. The molecule has 0 saturated carbocycles. The van der Waals surface area contributed by atoms with Crippen LogP contribution in [0.25, 0.3) is 27.5 Å². The molecule has 0 bridgehead atoms. The van der Waals surface area contributed by atoms with Gasteiger partial charge in [0.15, 0.2) is 11.6 Å². The molecule has 0 radical (unpaired) electrons. The maximum atomic E-state index is 14.5. The van der Waals surface area contributed by atoms with Gasteiger partial charge in [-0.3, -0.25) is 9.89 Å². The van der Waals surface area contributed by atoms with Crippen molar-refractivity contribution in [2.24, 2.45) is 0 Å². The second-order valence-electron chi connectivity index (χ2n) is 5.23. The number of benzene rings is 1. The van der Waals surface area contributed by atoms with Gasteiger partial charge in [-0.15, -0.1) is 0 Å². The summed E-state index contributed by atoms with van der Waals surface area (Å²) in [4.78, 5) is 10.5. The maximum Gasteiger partial charge on any atom is 0.212 e. The maximum absolute atomic E-state index is 14.5. The van der Waals surface area contributed by atoms with Gasteiger partial charge < -0.3 is 5.32 Å². The van der Waals surface area contributed by atoms with E-state index in [2.05, 4.69) is 20.6 Å². The monoisotopic (exact) mass is 354 g/mol. The summed E-state index contributed by atoms with van der Waals surface area (Å²) in [5.41, 5.74) is 1.85. The number of pyridine rings is 1. The molecule has 0 saturated heterocycles. The summed E-state index contributed by atoms with van der Waals surface area (Å²) >= 11 is 6.20. The van der Waals surface area contributed by atoms with Crippen molar-refractivity contribution in [2.75, 3.05) is 5.32 Å². The largest absolute Gasteiger partial charge is 0.312 e. The third-order valence-electron chi connectivity index (χ3n) is 3.86. The van der Waals surface area contributed by atoms with Crippen LogP contribution in [-0.4, -0.2) is 26.2 Å². The Morgan fingerprint density at radius 1 is 1.44 bits per heavy atom. The molecular formula is C16H8ClFN6O. The summed E-state index contributed by atoms with van der Waals surface area (Å²) in [6.07, 6.45) is 3.69. The van der Waals surface area contributed by atoms with Crippen molar-refractivity contribution in [3.05, 3.63) is 47.0 Å². The first-order valence-corrected chi connectivity index (χ1v) is 7.46. The zero-order chi connectivity index (χ0) is 17.6. The SMILES string of the molecule is N#Cc1c(F)c(Cl)c(-c2ccn3nc(NC=O)cc3c2)c2cn[nH]c12. The number of carbonyl (C=O) groups is 1. The van der Waals surface area contributed by atoms with Gasteiger partial charge in [0.25, 0.3) is 0 Å². The number of amides is 1. The molecule has 4 rings (SSSR count). The van der Waals surface area contributed by atoms with Gasteiger partial charge in [-0.05, 0) is 17.7 Å². The molecule has 0 aliphatic heterocycles. The number of nitrogens with zero attached hydrogens (tertiary/aromatic N) is 4. The van der Waals surface area contributed by atoms with Crippen LogP contribution in [0.4, 0.5) is 10.2 Å². The number of carbonyl (C=O) groups excluding carboxylic acids is 1. The van der Waals surface area contributed by atoms with E-state index in [1.54, 1.807) is 35.0 Å². The lowest BCUT2D eigenvalue weighted by molar-refractivity contribution is -0.105. The number of nitrogens with one attached hydrogen (secondary N) is 2. The van der Waals surface area contributed by atoms with Gasteiger partial charge in [-0.1, -0.05) is 11.6 Å². The molecule has 3 heterocycles. The molecule has 9 heteroatoms. The van der Waals surface area contributed by atoms with Crippen molar-refractivity contribution >= 4 is 40.2 Å². The van der Waals surface area contributed by atoms with E-state index in [1.807, 2.05) is 0 Å². The molecule has 0 aliphatic carbocycles. The van der Waals surface area contributed by atoms with Gasteiger partial charge in [0.2, 0.25) is 6.41 Å². The minimum atomic E-state index is -0.799. The Morgan fingerprint density at radius 2 is 2.28 bits per heavy atom. The first-order valence-electron chi connectivity index (χ1n) is 7.08. The van der Waals surface area contributed by atoms with E-state index in [9.17, 15) is 14.4 Å². The average Bonchev–Trinajstić information content (AvgIpc) is 3.22. The van der Waals surface area contributed by atoms with E-state index in [4.69, 9.17) is 11.6 Å². The molecule has 0 fully saturated rings. The van der Waals surface area contributed by atoms with Crippen LogP contribution in [0, 0.1) is 17.1 Å². The van der Waals surface area contributed by atoms with Gasteiger partial charge in [-0.25, -0.2) is 8.91 Å². The van der Waals surface area contributed by atoms with E-state index in [-0.39, 0.29) is 16.1 Å². The molecule has 122 valence electrons. The number of aromatic nitrogens is 4. The topological polar surface area (TPSA) is 98.9 Å². The highest BCUT2D eigenvalue weighted by molar-refractivity contribution is 6.35. The number of hydrogen-bond donors (Lipinski definition) is 2. The van der Waals surface area contributed by atoms with E-state index in [0.29, 0.717) is 34.3 Å². The van der Waals surface area contributed by atoms with Gasteiger partial charge in [0.05, 0.1) is 22.3 Å². The normalized spacial score (nSPS) is 10.9. The molecule has 1 amide bonds. The van der Waals surface area contributed by atoms with Crippen molar-refractivity contribution in [3.8, 4) is 17.2 Å². The predicted molar refractivity (Wildman–Crippen MR) is 89.6 cm³/mol. The lowest BCUT2D eigenvalue weighted by Crippen LogP contribution is -1.95. The average molecular weight is 355 g/mol. The molecule has 25 heavy (non-hydrogen) atoms. The quantitative estimate of drug-likeness (QED) is 0.552. The van der Waals surface area contributed by atoms with Crippen LogP contribution in [0.2, 0.25) is 5.02 Å². The molecule has 7 nitrogen and oxygen atoms in total. The molecule has 0 spiro atoms. The molecule has 1 aromatic carbocycles. The summed E-state index contributed by atoms with van der Waals surface area (Å²) < 4.78 is 16.1. The molecule has 2 N–H and O–H groups in total. The third kappa shape index (κ3) is 2.21. The van der Waals surface area contributed by atoms with E-state index < -0.39 is 5.82 Å². The minimum absolute atomic E-state index is 0.152. The number of hydrogen-bond acceptors (Lipinski definition) is 4. The van der Waals surface area contributed by atoms with Crippen LogP contribution >= 0.6 is 11.6 Å². The van der Waals surface area contributed by atoms with E-state index in [1.165, 1.54) is 6.20 Å². The smallest absolute Gasteiger partial charge is 0.212 e. The molecular weight excluding hydrogens is 347 g/mol. The van der Waals surface area contributed by atoms with Crippen molar-refractivity contribution in [3.63, 3.8) is 0 Å². The first kappa shape index (κ1) is 15.1. The summed E-state index contributed by atoms with van der Waals surface area (Å²) in [6.45, 7) is 0. The Hall–Kier alpha value is -3.44. The molecule has 0 atom stereocenters. The second kappa shape index (κ2) is 5.58. The molecule has 0 aliphatic rings. The standard InChI is InChI=1S/C16H8ClFN6O/c17-14-13(11-6-21-22-16(11)10(5-19)15(14)18)8-1-2-24-9(3-8)4-12(23-24)20-7-25/h1-4,6-7H,(H,21,22)(H,20,23,25). The Kier molecular flexibility index (Phi) is 3.37. The highest BCUT2D eigenvalue weighted by Gasteiger charge is 2.21. The van der Waals surface area contributed by atoms with Crippen molar-refractivity contribution < 1.29 is 9.18 Å². The van der Waals surface area contributed by atoms with Crippen LogP contribution < -0.4 is 5.32 Å². The number of nitriles is 1. The van der Waals surface area contributed by atoms with E-state index >= 15 is 0 Å². The van der Waals surface area contributed by atoms with Crippen molar-refractivity contribution in [1.82, 2.24) is 19.8 Å². The van der Waals surface area contributed by atoms with Crippen molar-refractivity contribution in [2.45, 2.75) is 0 Å². The van der Waals surface area contributed by atoms with Crippen LogP contribution in [0.15, 0.2) is 30.6 Å². The number of rotatable bonds is 3. The van der Waals surface area contributed by atoms with Crippen LogP contribution in [-0.2, 0) is 4.79 Å². The highest BCUT2D eigenvalue weighted by Crippen LogP contribution is 2.39. The lowest BCUT2D eigenvalue weighted by Gasteiger charge is -2.09. The fourth-order valence-electron chi connectivity index (χ4n) is 2.78. The van der Waals surface area contributed by atoms with Gasteiger partial charge in [-0.2, -0.15) is 15.5 Å². The summed E-state index contributed by atoms with van der Waals surface area (Å²) in [7, 11) is 0. The second-order valence-corrected chi connectivity index (χ2v) is 5.60. The third-order valence-corrected chi connectivity index (χ3v) is 4.22. The number of aromatic amines is 1. The molecule has 0 unspecified atom stereocenters. The van der Waals surface area contributed by atoms with Crippen LogP contribution in [0.1, 0.15) is 5.56 Å². The Morgan fingerprint density at radius 3 is 3.04 bits per heavy atom. The summed E-state index contributed by atoms with van der Waals surface area (Å²) in [5, 5.41) is 22.7. The predicted octanol–water partition coefficient (Wildman–Crippen LogP) is 3.11. The zero-order valence-electron chi connectivity index (χ0n) is 12.4. The number of anilines is 1. The lowest BCUT2D eigenvalue weighted by atomic mass is 9.99. The Bertz CT molecular complexity index is 1190. The van der Waals surface area contributed by atoms with Gasteiger partial charge in [0.1, 0.15) is 11.6 Å². The van der Waals surface area contributed by atoms with Crippen molar-refractivity contribution in [1.29, 1.82) is 5.26 Å². The zero-order valence-corrected chi connectivity index (χ0v) is 13.2. The number of fused-ring (bicyclic) bond motifs is 2. The van der Waals surface area contributed by atoms with Gasteiger partial charge >= 0.3 is 0 Å².